The fourth-order valence-electron chi connectivity index (χ4n) is 9.38. The average molecular weight is 659 g/mol. The second-order valence-corrected chi connectivity index (χ2v) is 13.9. The van der Waals surface area contributed by atoms with Crippen LogP contribution in [0.5, 0.6) is 0 Å². The minimum atomic E-state index is -0.437. The maximum atomic E-state index is 7.65. The van der Waals surface area contributed by atoms with Crippen LogP contribution in [0.25, 0.3) is 59.4 Å². The first-order valence-electron chi connectivity index (χ1n) is 17.8. The molecule has 2 aliphatic carbocycles. The van der Waals surface area contributed by atoms with E-state index in [-0.39, 0.29) is 0 Å². The molecule has 1 spiro atoms. The van der Waals surface area contributed by atoms with Gasteiger partial charge in [0.05, 0.1) is 12.0 Å². The van der Waals surface area contributed by atoms with Gasteiger partial charge in [0, 0.05) is 17.1 Å². The zero-order valence-electron chi connectivity index (χ0n) is 28.2. The quantitative estimate of drug-likeness (QED) is 0.135. The number of fused-ring (bicyclic) bond motifs is 16. The zero-order valence-corrected chi connectivity index (χ0v) is 28.2. The number of nitrogens with zero attached hydrogens (tertiary/aromatic N) is 2. The third-order valence-electron chi connectivity index (χ3n) is 11.5. The SMILES string of the molecule is [C-]#[N+]c1ccc(N(c2ccc3c(c2)C2(c4ccccc4-c4ccccc42)c2ccccc2-3)c2ccc3c4ccccc4c4ccccc4c3c2)cc1. The van der Waals surface area contributed by atoms with Crippen molar-refractivity contribution in [1.29, 1.82) is 0 Å². The molecule has 0 bridgehead atoms. The monoisotopic (exact) mass is 658 g/mol. The summed E-state index contributed by atoms with van der Waals surface area (Å²) < 4.78 is 0. The van der Waals surface area contributed by atoms with Gasteiger partial charge in [0.15, 0.2) is 5.69 Å². The van der Waals surface area contributed by atoms with E-state index in [1.165, 1.54) is 76.8 Å². The van der Waals surface area contributed by atoms with Crippen molar-refractivity contribution in [3.63, 3.8) is 0 Å². The number of rotatable bonds is 3. The van der Waals surface area contributed by atoms with Gasteiger partial charge in [-0.05, 0) is 113 Å². The van der Waals surface area contributed by atoms with Gasteiger partial charge < -0.3 is 4.90 Å². The largest absolute Gasteiger partial charge is 0.311 e. The van der Waals surface area contributed by atoms with E-state index in [4.69, 9.17) is 6.57 Å². The molecule has 2 nitrogen and oxygen atoms in total. The standard InChI is InChI=1S/C50H30N2/c1-51-32-22-24-33(25-23-32)52(34-26-28-40-38-14-3-2-12-36(38)37-13-4-5-15-39(37)45(40)30-34)35-27-29-44-43-18-8-11-21-48(43)50(49(44)31-35)46-19-9-6-16-41(46)42-17-7-10-20-47(42)50/h2-31H. The Hall–Kier alpha value is -6.95. The highest BCUT2D eigenvalue weighted by atomic mass is 15.1. The van der Waals surface area contributed by atoms with Gasteiger partial charge in [-0.25, -0.2) is 4.85 Å². The Bertz CT molecular complexity index is 2880. The molecule has 0 saturated carbocycles. The van der Waals surface area contributed by atoms with Gasteiger partial charge in [0.1, 0.15) is 0 Å². The summed E-state index contributed by atoms with van der Waals surface area (Å²) in [7, 11) is 0. The van der Waals surface area contributed by atoms with Crippen LogP contribution in [0.4, 0.5) is 22.7 Å². The van der Waals surface area contributed by atoms with Crippen molar-refractivity contribution in [2.45, 2.75) is 5.41 Å². The van der Waals surface area contributed by atoms with E-state index in [2.05, 4.69) is 180 Å². The summed E-state index contributed by atoms with van der Waals surface area (Å²) in [6.07, 6.45) is 0. The molecule has 0 radical (unpaired) electrons. The molecule has 0 atom stereocenters. The van der Waals surface area contributed by atoms with Gasteiger partial charge in [-0.15, -0.1) is 0 Å². The second-order valence-electron chi connectivity index (χ2n) is 13.9. The van der Waals surface area contributed by atoms with Crippen molar-refractivity contribution in [3.05, 3.63) is 216 Å². The molecule has 2 aliphatic rings. The predicted molar refractivity (Wildman–Crippen MR) is 216 cm³/mol. The van der Waals surface area contributed by atoms with E-state index in [0.717, 1.165) is 17.1 Å². The average Bonchev–Trinajstić information content (AvgIpc) is 3.68. The molecule has 11 rings (SSSR count). The van der Waals surface area contributed by atoms with Gasteiger partial charge in [-0.1, -0.05) is 146 Å². The summed E-state index contributed by atoms with van der Waals surface area (Å²) in [6.45, 7) is 7.65. The summed E-state index contributed by atoms with van der Waals surface area (Å²) in [5, 5.41) is 7.48. The fraction of sp³-hybridized carbons (Fsp3) is 0.0200. The topological polar surface area (TPSA) is 7.60 Å². The van der Waals surface area contributed by atoms with Gasteiger partial charge >= 0.3 is 0 Å². The highest BCUT2D eigenvalue weighted by molar-refractivity contribution is 6.25. The Kier molecular flexibility index (Phi) is 5.98. The molecule has 52 heavy (non-hydrogen) atoms. The molecule has 0 heterocycles. The maximum Gasteiger partial charge on any atom is 0.187 e. The summed E-state index contributed by atoms with van der Waals surface area (Å²) in [5.74, 6) is 0. The molecule has 0 aromatic heterocycles. The van der Waals surface area contributed by atoms with E-state index in [1.54, 1.807) is 0 Å². The minimum absolute atomic E-state index is 0.437. The Morgan fingerprint density at radius 3 is 1.29 bits per heavy atom. The van der Waals surface area contributed by atoms with Crippen LogP contribution in [0.1, 0.15) is 22.3 Å². The molecule has 240 valence electrons. The third-order valence-corrected chi connectivity index (χ3v) is 11.5. The molecule has 0 amide bonds. The first-order chi connectivity index (χ1) is 25.8. The van der Waals surface area contributed by atoms with Crippen LogP contribution in [-0.2, 0) is 5.41 Å². The molecule has 0 aliphatic heterocycles. The predicted octanol–water partition coefficient (Wildman–Crippen LogP) is 13.5. The molecular formula is C50H30N2. The van der Waals surface area contributed by atoms with Crippen LogP contribution in [0.3, 0.4) is 0 Å². The summed E-state index contributed by atoms with van der Waals surface area (Å²) in [4.78, 5) is 6.07. The highest BCUT2D eigenvalue weighted by Gasteiger charge is 2.51. The molecule has 0 N–H and O–H groups in total. The third kappa shape index (κ3) is 3.77. The summed E-state index contributed by atoms with van der Waals surface area (Å²) >= 11 is 0. The lowest BCUT2D eigenvalue weighted by Crippen LogP contribution is -2.26. The van der Waals surface area contributed by atoms with E-state index in [0.29, 0.717) is 5.69 Å². The van der Waals surface area contributed by atoms with Crippen molar-refractivity contribution in [2.24, 2.45) is 0 Å². The lowest BCUT2D eigenvalue weighted by molar-refractivity contribution is 0.793. The van der Waals surface area contributed by atoms with Crippen molar-refractivity contribution < 1.29 is 0 Å². The van der Waals surface area contributed by atoms with Crippen molar-refractivity contribution in [1.82, 2.24) is 0 Å². The Morgan fingerprint density at radius 2 is 0.750 bits per heavy atom. The van der Waals surface area contributed by atoms with E-state index in [9.17, 15) is 0 Å². The van der Waals surface area contributed by atoms with Gasteiger partial charge in [-0.3, -0.25) is 0 Å². The summed E-state index contributed by atoms with van der Waals surface area (Å²) in [5.41, 5.74) is 13.8. The Balaban J connectivity index is 1.20. The zero-order chi connectivity index (χ0) is 34.4. The Morgan fingerprint density at radius 1 is 0.346 bits per heavy atom. The molecule has 9 aromatic carbocycles. The number of hydrogen-bond donors (Lipinski definition) is 0. The summed E-state index contributed by atoms with van der Waals surface area (Å²) in [6, 6.07) is 66.3. The van der Waals surface area contributed by atoms with E-state index >= 15 is 0 Å². The van der Waals surface area contributed by atoms with Crippen molar-refractivity contribution >= 4 is 55.1 Å². The van der Waals surface area contributed by atoms with Crippen molar-refractivity contribution in [2.75, 3.05) is 4.90 Å². The fourth-order valence-corrected chi connectivity index (χ4v) is 9.38. The Labute approximate surface area is 302 Å². The van der Waals surface area contributed by atoms with E-state index in [1.807, 2.05) is 12.1 Å². The second kappa shape index (κ2) is 10.8. The van der Waals surface area contributed by atoms with Crippen LogP contribution in [0, 0.1) is 6.57 Å². The van der Waals surface area contributed by atoms with Crippen LogP contribution < -0.4 is 4.90 Å². The van der Waals surface area contributed by atoms with Gasteiger partial charge in [0.2, 0.25) is 0 Å². The van der Waals surface area contributed by atoms with Gasteiger partial charge in [-0.2, -0.15) is 0 Å². The first-order valence-corrected chi connectivity index (χ1v) is 17.8. The molecule has 9 aromatic rings. The number of hydrogen-bond acceptors (Lipinski definition) is 1. The molecule has 0 fully saturated rings. The number of anilines is 3. The lowest BCUT2D eigenvalue weighted by atomic mass is 9.70. The smallest absolute Gasteiger partial charge is 0.187 e. The van der Waals surface area contributed by atoms with Crippen LogP contribution >= 0.6 is 0 Å². The van der Waals surface area contributed by atoms with Gasteiger partial charge in [0.25, 0.3) is 0 Å². The van der Waals surface area contributed by atoms with Crippen LogP contribution in [-0.4, -0.2) is 0 Å². The minimum Gasteiger partial charge on any atom is -0.311 e. The maximum absolute atomic E-state index is 7.65. The molecule has 2 heteroatoms. The molecule has 0 unspecified atom stereocenters. The van der Waals surface area contributed by atoms with Crippen LogP contribution in [0.15, 0.2) is 182 Å². The van der Waals surface area contributed by atoms with E-state index < -0.39 is 5.41 Å². The molecule has 0 saturated heterocycles. The first kappa shape index (κ1) is 28.8. The van der Waals surface area contributed by atoms with Crippen molar-refractivity contribution in [3.8, 4) is 22.3 Å². The van der Waals surface area contributed by atoms with Crippen LogP contribution in [0.2, 0.25) is 0 Å². The highest BCUT2D eigenvalue weighted by Crippen LogP contribution is 2.63. The lowest BCUT2D eigenvalue weighted by Gasteiger charge is -2.32. The molecular weight excluding hydrogens is 629 g/mol. The number of benzene rings is 9. The normalized spacial score (nSPS) is 13.1.